The molecule has 38 heavy (non-hydrogen) atoms. The van der Waals surface area contributed by atoms with E-state index in [1.165, 1.54) is 0 Å². The SMILES string of the molecule is CN1CCN(CC2CNCC(=O)N2Cc2ccc(C#N)c(N=C(c3ccccc3)c3ccccc3)c2)CC1. The number of nitriles is 1. The zero-order chi connectivity index (χ0) is 26.3. The number of hydrogen-bond acceptors (Lipinski definition) is 6. The molecule has 2 saturated heterocycles. The molecule has 1 amide bonds. The second kappa shape index (κ2) is 12.1. The Bertz CT molecular complexity index is 1270. The summed E-state index contributed by atoms with van der Waals surface area (Å²) >= 11 is 0. The summed E-state index contributed by atoms with van der Waals surface area (Å²) in [5.74, 6) is 0.110. The molecule has 1 N–H and O–H groups in total. The highest BCUT2D eigenvalue weighted by Crippen LogP contribution is 2.25. The maximum atomic E-state index is 13.0. The molecule has 0 spiro atoms. The molecule has 2 aliphatic rings. The third-order valence-corrected chi connectivity index (χ3v) is 7.34. The molecular weight excluding hydrogens is 472 g/mol. The Balaban J connectivity index is 1.44. The van der Waals surface area contributed by atoms with Crippen LogP contribution in [0.25, 0.3) is 0 Å². The van der Waals surface area contributed by atoms with Crippen molar-refractivity contribution in [3.63, 3.8) is 0 Å². The van der Waals surface area contributed by atoms with E-state index in [0.29, 0.717) is 24.3 Å². The lowest BCUT2D eigenvalue weighted by atomic mass is 10.0. The molecule has 3 aromatic carbocycles. The summed E-state index contributed by atoms with van der Waals surface area (Å²) in [7, 11) is 2.15. The lowest BCUT2D eigenvalue weighted by Gasteiger charge is -2.41. The lowest BCUT2D eigenvalue weighted by molar-refractivity contribution is -0.136. The van der Waals surface area contributed by atoms with Crippen LogP contribution in [-0.2, 0) is 11.3 Å². The Morgan fingerprint density at radius 1 is 0.974 bits per heavy atom. The summed E-state index contributed by atoms with van der Waals surface area (Å²) in [6.45, 7) is 6.64. The van der Waals surface area contributed by atoms with E-state index in [1.54, 1.807) is 0 Å². The zero-order valence-electron chi connectivity index (χ0n) is 21.9. The summed E-state index contributed by atoms with van der Waals surface area (Å²) in [6, 6.07) is 28.2. The molecule has 2 fully saturated rings. The Kier molecular flexibility index (Phi) is 8.25. The molecule has 0 saturated carbocycles. The van der Waals surface area contributed by atoms with E-state index in [2.05, 4.69) is 28.2 Å². The van der Waals surface area contributed by atoms with Gasteiger partial charge in [-0.25, -0.2) is 4.99 Å². The van der Waals surface area contributed by atoms with E-state index in [4.69, 9.17) is 4.99 Å². The first-order valence-electron chi connectivity index (χ1n) is 13.2. The second-order valence-corrected chi connectivity index (χ2v) is 10.1. The van der Waals surface area contributed by atoms with Crippen LogP contribution in [0.3, 0.4) is 0 Å². The van der Waals surface area contributed by atoms with E-state index in [9.17, 15) is 10.1 Å². The maximum Gasteiger partial charge on any atom is 0.237 e. The number of benzene rings is 3. The van der Waals surface area contributed by atoms with Crippen molar-refractivity contribution in [1.82, 2.24) is 20.0 Å². The summed E-state index contributed by atoms with van der Waals surface area (Å²) < 4.78 is 0. The number of hydrogen-bond donors (Lipinski definition) is 1. The third-order valence-electron chi connectivity index (χ3n) is 7.34. The number of nitrogens with one attached hydrogen (secondary N) is 1. The fourth-order valence-corrected chi connectivity index (χ4v) is 5.14. The monoisotopic (exact) mass is 506 g/mol. The van der Waals surface area contributed by atoms with Crippen molar-refractivity contribution in [3.8, 4) is 6.07 Å². The molecule has 2 aliphatic heterocycles. The predicted octanol–water partition coefficient (Wildman–Crippen LogP) is 3.28. The molecule has 0 radical (unpaired) electrons. The van der Waals surface area contributed by atoms with E-state index >= 15 is 0 Å². The molecule has 7 heteroatoms. The maximum absolute atomic E-state index is 13.0. The van der Waals surface area contributed by atoms with Crippen molar-refractivity contribution in [1.29, 1.82) is 5.26 Å². The van der Waals surface area contributed by atoms with Crippen molar-refractivity contribution in [2.45, 2.75) is 12.6 Å². The molecule has 3 aromatic rings. The van der Waals surface area contributed by atoms with E-state index in [0.717, 1.165) is 61.7 Å². The Morgan fingerprint density at radius 3 is 2.26 bits per heavy atom. The van der Waals surface area contributed by atoms with Gasteiger partial charge in [0.1, 0.15) is 6.07 Å². The predicted molar refractivity (Wildman–Crippen MR) is 150 cm³/mol. The van der Waals surface area contributed by atoms with Crippen LogP contribution in [0.2, 0.25) is 0 Å². The molecule has 194 valence electrons. The van der Waals surface area contributed by atoms with Gasteiger partial charge in [-0.05, 0) is 24.7 Å². The van der Waals surface area contributed by atoms with Crippen molar-refractivity contribution in [2.24, 2.45) is 4.99 Å². The van der Waals surface area contributed by atoms with Gasteiger partial charge in [-0.1, -0.05) is 66.7 Å². The van der Waals surface area contributed by atoms with Gasteiger partial charge in [0.15, 0.2) is 0 Å². The fourth-order valence-electron chi connectivity index (χ4n) is 5.14. The average Bonchev–Trinajstić information content (AvgIpc) is 2.96. The number of nitrogens with zero attached hydrogens (tertiary/aromatic N) is 5. The average molecular weight is 507 g/mol. The number of piperazine rings is 2. The normalized spacial score (nSPS) is 18.7. The number of carbonyl (C=O) groups is 1. The minimum absolute atomic E-state index is 0.103. The molecule has 1 unspecified atom stereocenters. The van der Waals surface area contributed by atoms with Gasteiger partial charge in [-0.15, -0.1) is 0 Å². The van der Waals surface area contributed by atoms with Crippen LogP contribution >= 0.6 is 0 Å². The zero-order valence-corrected chi connectivity index (χ0v) is 21.9. The first-order valence-corrected chi connectivity index (χ1v) is 13.2. The molecule has 5 rings (SSSR count). The summed E-state index contributed by atoms with van der Waals surface area (Å²) in [4.78, 5) is 24.8. The van der Waals surface area contributed by atoms with Gasteiger partial charge in [0, 0.05) is 56.9 Å². The highest BCUT2D eigenvalue weighted by atomic mass is 16.2. The molecule has 2 heterocycles. The topological polar surface area (TPSA) is 75.0 Å². The molecular formula is C31H34N6O. The lowest BCUT2D eigenvalue weighted by Crippen LogP contribution is -2.59. The van der Waals surface area contributed by atoms with Crippen molar-refractivity contribution >= 4 is 17.3 Å². The molecule has 0 aliphatic carbocycles. The van der Waals surface area contributed by atoms with Gasteiger partial charge in [-0.3, -0.25) is 9.69 Å². The standard InChI is InChI=1S/C31H34N6O/c1-35-14-16-36(17-15-35)23-28-20-33-21-30(38)37(28)22-24-12-13-27(19-32)29(18-24)34-31(25-8-4-2-5-9-25)26-10-6-3-7-11-26/h2-13,18,28,33H,14-17,20-23H2,1H3. The van der Waals surface area contributed by atoms with Gasteiger partial charge in [0.05, 0.1) is 29.5 Å². The number of aliphatic imine (C=N–C) groups is 1. The Hall–Kier alpha value is -3.83. The number of likely N-dealkylation sites (N-methyl/N-ethyl adjacent to an activating group) is 1. The largest absolute Gasteiger partial charge is 0.332 e. The minimum atomic E-state index is 0.103. The third kappa shape index (κ3) is 6.17. The second-order valence-electron chi connectivity index (χ2n) is 10.1. The smallest absolute Gasteiger partial charge is 0.237 e. The number of rotatable bonds is 7. The van der Waals surface area contributed by atoms with Crippen LogP contribution in [0.5, 0.6) is 0 Å². The fraction of sp³-hybridized carbons (Fsp3) is 0.323. The van der Waals surface area contributed by atoms with Crippen LogP contribution in [0.15, 0.2) is 83.9 Å². The van der Waals surface area contributed by atoms with Crippen LogP contribution in [0, 0.1) is 11.3 Å². The van der Waals surface area contributed by atoms with Crippen LogP contribution in [0.4, 0.5) is 5.69 Å². The molecule has 7 nitrogen and oxygen atoms in total. The highest BCUT2D eigenvalue weighted by Gasteiger charge is 2.30. The highest BCUT2D eigenvalue weighted by molar-refractivity contribution is 6.14. The first kappa shape index (κ1) is 25.8. The quantitative estimate of drug-likeness (QED) is 0.498. The Morgan fingerprint density at radius 2 is 1.63 bits per heavy atom. The van der Waals surface area contributed by atoms with Gasteiger partial charge in [0.2, 0.25) is 5.91 Å². The molecule has 0 aromatic heterocycles. The van der Waals surface area contributed by atoms with Crippen LogP contribution in [-0.4, -0.2) is 85.2 Å². The van der Waals surface area contributed by atoms with Crippen LogP contribution < -0.4 is 5.32 Å². The minimum Gasteiger partial charge on any atom is -0.332 e. The van der Waals surface area contributed by atoms with E-state index in [-0.39, 0.29) is 11.9 Å². The molecule has 0 bridgehead atoms. The summed E-state index contributed by atoms with van der Waals surface area (Å²) in [6.07, 6.45) is 0. The van der Waals surface area contributed by atoms with Crippen molar-refractivity contribution in [3.05, 3.63) is 101 Å². The van der Waals surface area contributed by atoms with Crippen molar-refractivity contribution in [2.75, 3.05) is 52.9 Å². The number of amides is 1. The summed E-state index contributed by atoms with van der Waals surface area (Å²) in [5.41, 5.74) is 4.88. The number of carbonyl (C=O) groups excluding carboxylic acids is 1. The van der Waals surface area contributed by atoms with Gasteiger partial charge in [-0.2, -0.15) is 5.26 Å². The van der Waals surface area contributed by atoms with E-state index in [1.807, 2.05) is 83.8 Å². The van der Waals surface area contributed by atoms with Crippen molar-refractivity contribution < 1.29 is 4.79 Å². The first-order chi connectivity index (χ1) is 18.6. The van der Waals surface area contributed by atoms with Gasteiger partial charge in [0.25, 0.3) is 0 Å². The van der Waals surface area contributed by atoms with Gasteiger partial charge < -0.3 is 15.1 Å². The molecule has 1 atom stereocenters. The summed E-state index contributed by atoms with van der Waals surface area (Å²) in [5, 5.41) is 13.2. The van der Waals surface area contributed by atoms with E-state index < -0.39 is 0 Å². The van der Waals surface area contributed by atoms with Gasteiger partial charge >= 0.3 is 0 Å². The Labute approximate surface area is 225 Å². The van der Waals surface area contributed by atoms with Crippen LogP contribution in [0.1, 0.15) is 22.3 Å².